The van der Waals surface area contributed by atoms with E-state index in [1.165, 1.54) is 0 Å². The van der Waals surface area contributed by atoms with E-state index < -0.39 is 0 Å². The van der Waals surface area contributed by atoms with E-state index in [0.29, 0.717) is 19.5 Å². The number of amides is 1. The first-order chi connectivity index (χ1) is 8.26. The van der Waals surface area contributed by atoms with Crippen molar-refractivity contribution in [3.05, 3.63) is 29.8 Å². The number of carbonyl (C=O) groups is 1. The fourth-order valence-corrected chi connectivity index (χ4v) is 1.49. The first-order valence-corrected chi connectivity index (χ1v) is 5.86. The van der Waals surface area contributed by atoms with Gasteiger partial charge in [-0.05, 0) is 37.1 Å². The number of benzene rings is 1. The van der Waals surface area contributed by atoms with Crippen LogP contribution >= 0.6 is 0 Å². The minimum absolute atomic E-state index is 0.0483. The Morgan fingerprint density at radius 1 is 1.29 bits per heavy atom. The van der Waals surface area contributed by atoms with E-state index in [4.69, 9.17) is 10.5 Å². The topological polar surface area (TPSA) is 64.3 Å². The standard InChI is InChI=1S/C13H20N2O2/c1-17-12-6-4-11(5-7-12)10-13(16)15-9-3-2-8-14/h4-7H,2-3,8-10,14H2,1H3,(H,15,16). The molecule has 1 amide bonds. The Bertz CT molecular complexity index is 336. The molecule has 0 aliphatic heterocycles. The van der Waals surface area contributed by atoms with Crippen molar-refractivity contribution in [1.29, 1.82) is 0 Å². The van der Waals surface area contributed by atoms with Crippen LogP contribution in [-0.2, 0) is 11.2 Å². The van der Waals surface area contributed by atoms with Crippen LogP contribution < -0.4 is 15.8 Å². The van der Waals surface area contributed by atoms with Gasteiger partial charge in [0.1, 0.15) is 5.75 Å². The number of ether oxygens (including phenoxy) is 1. The van der Waals surface area contributed by atoms with Crippen molar-refractivity contribution in [1.82, 2.24) is 5.32 Å². The summed E-state index contributed by atoms with van der Waals surface area (Å²) in [4.78, 5) is 11.6. The number of carbonyl (C=O) groups excluding carboxylic acids is 1. The monoisotopic (exact) mass is 236 g/mol. The number of hydrogen-bond acceptors (Lipinski definition) is 3. The molecule has 0 atom stereocenters. The predicted molar refractivity (Wildman–Crippen MR) is 68.0 cm³/mol. The lowest BCUT2D eigenvalue weighted by atomic mass is 10.1. The van der Waals surface area contributed by atoms with Crippen molar-refractivity contribution >= 4 is 5.91 Å². The van der Waals surface area contributed by atoms with Crippen LogP contribution in [0.25, 0.3) is 0 Å². The highest BCUT2D eigenvalue weighted by atomic mass is 16.5. The second-order valence-electron chi connectivity index (χ2n) is 3.87. The molecule has 0 aromatic heterocycles. The molecule has 4 nitrogen and oxygen atoms in total. The number of nitrogens with two attached hydrogens (primary N) is 1. The summed E-state index contributed by atoms with van der Waals surface area (Å²) in [5.41, 5.74) is 6.36. The van der Waals surface area contributed by atoms with Crippen molar-refractivity contribution in [2.24, 2.45) is 5.73 Å². The van der Waals surface area contributed by atoms with Gasteiger partial charge < -0.3 is 15.8 Å². The minimum atomic E-state index is 0.0483. The maximum absolute atomic E-state index is 11.6. The summed E-state index contributed by atoms with van der Waals surface area (Å²) in [6, 6.07) is 7.52. The molecule has 1 rings (SSSR count). The molecule has 94 valence electrons. The summed E-state index contributed by atoms with van der Waals surface area (Å²) in [6.07, 6.45) is 2.29. The lowest BCUT2D eigenvalue weighted by Gasteiger charge is -2.05. The van der Waals surface area contributed by atoms with Crippen LogP contribution in [0.1, 0.15) is 18.4 Å². The number of methoxy groups -OCH3 is 1. The molecule has 0 unspecified atom stereocenters. The summed E-state index contributed by atoms with van der Waals surface area (Å²) in [5.74, 6) is 0.851. The third-order valence-electron chi connectivity index (χ3n) is 2.48. The molecular weight excluding hydrogens is 216 g/mol. The zero-order chi connectivity index (χ0) is 12.5. The Morgan fingerprint density at radius 2 is 2.00 bits per heavy atom. The van der Waals surface area contributed by atoms with Gasteiger partial charge in [-0.1, -0.05) is 12.1 Å². The van der Waals surface area contributed by atoms with Crippen molar-refractivity contribution in [2.45, 2.75) is 19.3 Å². The van der Waals surface area contributed by atoms with Gasteiger partial charge in [-0.3, -0.25) is 4.79 Å². The van der Waals surface area contributed by atoms with E-state index in [0.717, 1.165) is 24.2 Å². The number of hydrogen-bond donors (Lipinski definition) is 2. The SMILES string of the molecule is COc1ccc(CC(=O)NCCCCN)cc1. The van der Waals surface area contributed by atoms with Crippen molar-refractivity contribution in [3.8, 4) is 5.75 Å². The van der Waals surface area contributed by atoms with E-state index in [1.807, 2.05) is 24.3 Å². The zero-order valence-electron chi connectivity index (χ0n) is 10.2. The van der Waals surface area contributed by atoms with E-state index >= 15 is 0 Å². The molecule has 17 heavy (non-hydrogen) atoms. The average molecular weight is 236 g/mol. The van der Waals surface area contributed by atoms with Crippen LogP contribution in [-0.4, -0.2) is 26.1 Å². The molecule has 0 aliphatic rings. The third-order valence-corrected chi connectivity index (χ3v) is 2.48. The maximum Gasteiger partial charge on any atom is 0.224 e. The first kappa shape index (κ1) is 13.5. The molecule has 0 spiro atoms. The summed E-state index contributed by atoms with van der Waals surface area (Å²) >= 11 is 0. The summed E-state index contributed by atoms with van der Waals surface area (Å²) in [5, 5.41) is 2.87. The summed E-state index contributed by atoms with van der Waals surface area (Å²) < 4.78 is 5.05. The lowest BCUT2D eigenvalue weighted by Crippen LogP contribution is -2.26. The second-order valence-corrected chi connectivity index (χ2v) is 3.87. The molecule has 3 N–H and O–H groups in total. The Morgan fingerprint density at radius 3 is 2.59 bits per heavy atom. The molecule has 0 fully saturated rings. The smallest absolute Gasteiger partial charge is 0.224 e. The summed E-state index contributed by atoms with van der Waals surface area (Å²) in [6.45, 7) is 1.38. The maximum atomic E-state index is 11.6. The average Bonchev–Trinajstić information content (AvgIpc) is 2.36. The molecule has 4 heteroatoms. The van der Waals surface area contributed by atoms with Crippen LogP contribution in [0.2, 0.25) is 0 Å². The molecule has 0 saturated carbocycles. The Kier molecular flexibility index (Phi) is 6.10. The molecule has 0 saturated heterocycles. The quantitative estimate of drug-likeness (QED) is 0.697. The van der Waals surface area contributed by atoms with Gasteiger partial charge in [-0.2, -0.15) is 0 Å². The molecule has 0 aliphatic carbocycles. The van der Waals surface area contributed by atoms with Gasteiger partial charge in [0.25, 0.3) is 0 Å². The van der Waals surface area contributed by atoms with Crippen LogP contribution in [0, 0.1) is 0 Å². The van der Waals surface area contributed by atoms with E-state index in [-0.39, 0.29) is 5.91 Å². The van der Waals surface area contributed by atoms with Crippen molar-refractivity contribution in [2.75, 3.05) is 20.2 Å². The van der Waals surface area contributed by atoms with E-state index in [9.17, 15) is 4.79 Å². The number of nitrogens with one attached hydrogen (secondary N) is 1. The summed E-state index contributed by atoms with van der Waals surface area (Å²) in [7, 11) is 1.62. The highest BCUT2D eigenvalue weighted by molar-refractivity contribution is 5.78. The fraction of sp³-hybridized carbons (Fsp3) is 0.462. The Balaban J connectivity index is 2.29. The third kappa shape index (κ3) is 5.36. The van der Waals surface area contributed by atoms with Crippen LogP contribution in [0.15, 0.2) is 24.3 Å². The Hall–Kier alpha value is -1.55. The van der Waals surface area contributed by atoms with Gasteiger partial charge in [-0.15, -0.1) is 0 Å². The van der Waals surface area contributed by atoms with Crippen molar-refractivity contribution < 1.29 is 9.53 Å². The van der Waals surface area contributed by atoms with Gasteiger partial charge >= 0.3 is 0 Å². The largest absolute Gasteiger partial charge is 0.497 e. The molecular formula is C13H20N2O2. The molecule has 0 heterocycles. The zero-order valence-corrected chi connectivity index (χ0v) is 10.2. The van der Waals surface area contributed by atoms with Gasteiger partial charge in [0.2, 0.25) is 5.91 Å². The molecule has 1 aromatic carbocycles. The highest BCUT2D eigenvalue weighted by Gasteiger charge is 2.02. The first-order valence-electron chi connectivity index (χ1n) is 5.86. The van der Waals surface area contributed by atoms with Crippen LogP contribution in [0.5, 0.6) is 5.75 Å². The number of unbranched alkanes of at least 4 members (excludes halogenated alkanes) is 1. The normalized spacial score (nSPS) is 10.0. The van der Waals surface area contributed by atoms with Gasteiger partial charge in [-0.25, -0.2) is 0 Å². The predicted octanol–water partition coefficient (Wildman–Crippen LogP) is 1.09. The Labute approximate surface area is 102 Å². The van der Waals surface area contributed by atoms with E-state index in [2.05, 4.69) is 5.32 Å². The van der Waals surface area contributed by atoms with Crippen LogP contribution in [0.3, 0.4) is 0 Å². The highest BCUT2D eigenvalue weighted by Crippen LogP contribution is 2.11. The molecule has 0 radical (unpaired) electrons. The minimum Gasteiger partial charge on any atom is -0.497 e. The van der Waals surface area contributed by atoms with Crippen molar-refractivity contribution in [3.63, 3.8) is 0 Å². The van der Waals surface area contributed by atoms with E-state index in [1.54, 1.807) is 7.11 Å². The molecule has 0 bridgehead atoms. The van der Waals surface area contributed by atoms with Gasteiger partial charge in [0.15, 0.2) is 0 Å². The van der Waals surface area contributed by atoms with Gasteiger partial charge in [0, 0.05) is 6.54 Å². The number of rotatable bonds is 7. The van der Waals surface area contributed by atoms with Gasteiger partial charge in [0.05, 0.1) is 13.5 Å². The lowest BCUT2D eigenvalue weighted by molar-refractivity contribution is -0.120. The molecule has 1 aromatic rings. The fourth-order valence-electron chi connectivity index (χ4n) is 1.49. The second kappa shape index (κ2) is 7.68. The van der Waals surface area contributed by atoms with Crippen LogP contribution in [0.4, 0.5) is 0 Å².